The molecule has 8 heteroatoms. The molecular weight excluding hydrogens is 482 g/mol. The van der Waals surface area contributed by atoms with Gasteiger partial charge in [-0.2, -0.15) is 0 Å². The van der Waals surface area contributed by atoms with Crippen LogP contribution in [0.15, 0.2) is 51.8 Å². The minimum absolute atomic E-state index is 0.0816. The Morgan fingerprint density at radius 3 is 2.61 bits per heavy atom. The summed E-state index contributed by atoms with van der Waals surface area (Å²) in [5.74, 6) is -0.118. The molecule has 0 spiro atoms. The van der Waals surface area contributed by atoms with E-state index >= 15 is 0 Å². The first-order chi connectivity index (χ1) is 14.5. The number of hydrogen-bond donors (Lipinski definition) is 0. The summed E-state index contributed by atoms with van der Waals surface area (Å²) in [6.07, 6.45) is 0.204. The van der Waals surface area contributed by atoms with Crippen molar-refractivity contribution < 1.29 is 22.7 Å². The molecule has 1 heterocycles. The molecule has 0 aromatic heterocycles. The summed E-state index contributed by atoms with van der Waals surface area (Å²) in [5.41, 5.74) is 0.797. The molecule has 1 fully saturated rings. The molecular formula is C23H26BrNO5S. The molecule has 0 bridgehead atoms. The number of sulfonamides is 1. The second kappa shape index (κ2) is 7.81. The third-order valence-corrected chi connectivity index (χ3v) is 7.69. The molecule has 0 saturated heterocycles. The van der Waals surface area contributed by atoms with Gasteiger partial charge >= 0.3 is 5.97 Å². The lowest BCUT2D eigenvalue weighted by Crippen LogP contribution is -2.45. The molecule has 1 aliphatic heterocycles. The van der Waals surface area contributed by atoms with Gasteiger partial charge < -0.3 is 9.47 Å². The van der Waals surface area contributed by atoms with Crippen molar-refractivity contribution in [3.63, 3.8) is 0 Å². The first-order valence-corrected chi connectivity index (χ1v) is 12.5. The van der Waals surface area contributed by atoms with E-state index in [1.54, 1.807) is 30.3 Å². The van der Waals surface area contributed by atoms with Crippen molar-refractivity contribution in [2.24, 2.45) is 11.8 Å². The van der Waals surface area contributed by atoms with E-state index in [2.05, 4.69) is 15.9 Å². The first kappa shape index (κ1) is 22.1. The Kier molecular flexibility index (Phi) is 5.58. The number of anilines is 1. The van der Waals surface area contributed by atoms with Crippen LogP contribution in [-0.2, 0) is 19.6 Å². The van der Waals surface area contributed by atoms with Gasteiger partial charge in [-0.1, -0.05) is 28.1 Å². The van der Waals surface area contributed by atoms with E-state index in [0.29, 0.717) is 17.9 Å². The Hall–Kier alpha value is -2.06. The van der Waals surface area contributed by atoms with Gasteiger partial charge in [0.15, 0.2) is 0 Å². The maximum Gasteiger partial charge on any atom is 0.309 e. The molecule has 1 saturated carbocycles. The Labute approximate surface area is 191 Å². The smallest absolute Gasteiger partial charge is 0.309 e. The van der Waals surface area contributed by atoms with Gasteiger partial charge in [-0.25, -0.2) is 8.42 Å². The zero-order valence-electron chi connectivity index (χ0n) is 18.0. The number of rotatable bonds is 4. The quantitative estimate of drug-likeness (QED) is 0.561. The number of hydrogen-bond acceptors (Lipinski definition) is 5. The highest BCUT2D eigenvalue weighted by atomic mass is 79.9. The van der Waals surface area contributed by atoms with Crippen LogP contribution in [0.2, 0.25) is 0 Å². The monoisotopic (exact) mass is 507 g/mol. The third kappa shape index (κ3) is 4.60. The second-order valence-electron chi connectivity index (χ2n) is 9.16. The number of halogens is 1. The summed E-state index contributed by atoms with van der Waals surface area (Å²) >= 11 is 3.43. The number of nitrogens with zero attached hydrogens (tertiary/aromatic N) is 1. The molecule has 3 atom stereocenters. The van der Waals surface area contributed by atoms with Gasteiger partial charge in [0.1, 0.15) is 17.5 Å². The number of carbonyl (C=O) groups is 1. The van der Waals surface area contributed by atoms with Crippen LogP contribution in [0.5, 0.6) is 5.75 Å². The fourth-order valence-electron chi connectivity index (χ4n) is 3.87. The van der Waals surface area contributed by atoms with E-state index in [0.717, 1.165) is 10.0 Å². The lowest BCUT2D eigenvalue weighted by molar-refractivity contribution is -0.157. The van der Waals surface area contributed by atoms with Crippen LogP contribution in [-0.4, -0.2) is 32.6 Å². The number of benzene rings is 2. The van der Waals surface area contributed by atoms with Crippen molar-refractivity contribution in [2.75, 3.05) is 10.8 Å². The van der Waals surface area contributed by atoms with Gasteiger partial charge in [-0.05, 0) is 70.0 Å². The van der Waals surface area contributed by atoms with Gasteiger partial charge in [0.05, 0.1) is 23.0 Å². The average Bonchev–Trinajstić information content (AvgIpc) is 3.47. The highest BCUT2D eigenvalue weighted by molar-refractivity contribution is 9.10. The van der Waals surface area contributed by atoms with E-state index in [4.69, 9.17) is 9.47 Å². The van der Waals surface area contributed by atoms with Crippen molar-refractivity contribution in [1.82, 2.24) is 0 Å². The van der Waals surface area contributed by atoms with Crippen LogP contribution in [0, 0.1) is 18.8 Å². The largest absolute Gasteiger partial charge is 0.486 e. The summed E-state index contributed by atoms with van der Waals surface area (Å²) in [7, 11) is -3.80. The standard InChI is InChI=1S/C23H26BrNO5S/c1-14-6-5-7-16(10-14)31(27,28)25-13-21(29-20-9-8-15(24)11-19(20)25)17-12-18(17)22(26)30-23(2,3)4/h5-11,17-18,21H,12-13H2,1-4H3/t17-,18-,21-/m1/s1. The van der Waals surface area contributed by atoms with Crippen LogP contribution < -0.4 is 9.04 Å². The fourth-order valence-corrected chi connectivity index (χ4v) is 5.81. The van der Waals surface area contributed by atoms with Gasteiger partial charge in [-0.3, -0.25) is 9.10 Å². The van der Waals surface area contributed by atoms with E-state index in [1.165, 1.54) is 4.31 Å². The SMILES string of the molecule is Cc1cccc(S(=O)(=O)N2C[C@H]([C@@H]3C[C@H]3C(=O)OC(C)(C)C)Oc3ccc(Br)cc32)c1. The van der Waals surface area contributed by atoms with Crippen molar-refractivity contribution >= 4 is 37.6 Å². The van der Waals surface area contributed by atoms with Crippen molar-refractivity contribution in [2.45, 2.75) is 50.7 Å². The first-order valence-electron chi connectivity index (χ1n) is 10.2. The zero-order valence-corrected chi connectivity index (χ0v) is 20.4. The topological polar surface area (TPSA) is 72.9 Å². The lowest BCUT2D eigenvalue weighted by Gasteiger charge is -2.36. The highest BCUT2D eigenvalue weighted by Gasteiger charge is 2.53. The molecule has 166 valence electrons. The summed E-state index contributed by atoms with van der Waals surface area (Å²) < 4.78 is 41.0. The number of fused-ring (bicyclic) bond motifs is 1. The van der Waals surface area contributed by atoms with Crippen LogP contribution in [0.3, 0.4) is 0 Å². The Bertz CT molecular complexity index is 1130. The van der Waals surface area contributed by atoms with Crippen LogP contribution >= 0.6 is 15.9 Å². The van der Waals surface area contributed by atoms with Gasteiger partial charge in [0.2, 0.25) is 0 Å². The molecule has 0 amide bonds. The Balaban J connectivity index is 1.65. The van der Waals surface area contributed by atoms with Crippen LogP contribution in [0.4, 0.5) is 5.69 Å². The minimum Gasteiger partial charge on any atom is -0.486 e. The maximum absolute atomic E-state index is 13.6. The molecule has 2 aliphatic rings. The molecule has 0 radical (unpaired) electrons. The second-order valence-corrected chi connectivity index (χ2v) is 11.9. The summed E-state index contributed by atoms with van der Waals surface area (Å²) in [6, 6.07) is 12.2. The molecule has 0 N–H and O–H groups in total. The predicted octanol–water partition coefficient (Wildman–Crippen LogP) is 4.69. The Morgan fingerprint density at radius 1 is 1.19 bits per heavy atom. The van der Waals surface area contributed by atoms with Crippen LogP contribution in [0.1, 0.15) is 32.8 Å². The van der Waals surface area contributed by atoms with E-state index < -0.39 is 21.7 Å². The van der Waals surface area contributed by atoms with E-state index in [-0.39, 0.29) is 29.2 Å². The molecule has 31 heavy (non-hydrogen) atoms. The minimum atomic E-state index is -3.80. The molecule has 0 unspecified atom stereocenters. The predicted molar refractivity (Wildman–Crippen MR) is 122 cm³/mol. The van der Waals surface area contributed by atoms with Crippen molar-refractivity contribution in [1.29, 1.82) is 0 Å². The summed E-state index contributed by atoms with van der Waals surface area (Å²) in [5, 5.41) is 0. The third-order valence-electron chi connectivity index (χ3n) is 5.42. The highest BCUT2D eigenvalue weighted by Crippen LogP contribution is 2.48. The molecule has 2 aromatic rings. The molecule has 1 aliphatic carbocycles. The van der Waals surface area contributed by atoms with Crippen molar-refractivity contribution in [3.8, 4) is 5.75 Å². The zero-order chi connectivity index (χ0) is 22.6. The lowest BCUT2D eigenvalue weighted by atomic mass is 10.1. The van der Waals surface area contributed by atoms with Gasteiger partial charge in [0.25, 0.3) is 10.0 Å². The van der Waals surface area contributed by atoms with Crippen LogP contribution in [0.25, 0.3) is 0 Å². The fraction of sp³-hybridized carbons (Fsp3) is 0.435. The van der Waals surface area contributed by atoms with E-state index in [9.17, 15) is 13.2 Å². The number of carbonyl (C=O) groups excluding carboxylic acids is 1. The Morgan fingerprint density at radius 2 is 1.94 bits per heavy atom. The maximum atomic E-state index is 13.6. The molecule has 6 nitrogen and oxygen atoms in total. The number of esters is 1. The normalized spacial score (nSPS) is 23.0. The molecule has 2 aromatic carbocycles. The van der Waals surface area contributed by atoms with E-state index in [1.807, 2.05) is 39.8 Å². The number of aryl methyl sites for hydroxylation is 1. The average molecular weight is 508 g/mol. The molecule has 4 rings (SSSR count). The summed E-state index contributed by atoms with van der Waals surface area (Å²) in [4.78, 5) is 12.7. The number of ether oxygens (including phenoxy) is 2. The van der Waals surface area contributed by atoms with Crippen molar-refractivity contribution in [3.05, 3.63) is 52.5 Å². The van der Waals surface area contributed by atoms with Gasteiger partial charge in [-0.15, -0.1) is 0 Å². The van der Waals surface area contributed by atoms with Gasteiger partial charge in [0, 0.05) is 10.4 Å². The summed E-state index contributed by atoms with van der Waals surface area (Å²) in [6.45, 7) is 7.52.